The van der Waals surface area contributed by atoms with Gasteiger partial charge >= 0.3 is 0 Å². The van der Waals surface area contributed by atoms with Gasteiger partial charge in [-0.3, -0.25) is 9.78 Å². The van der Waals surface area contributed by atoms with Gasteiger partial charge in [0.2, 0.25) is 0 Å². The van der Waals surface area contributed by atoms with E-state index >= 15 is 0 Å². The number of nitrogens with zero attached hydrogens (tertiary/aromatic N) is 5. The Hall–Kier alpha value is -3.68. The van der Waals surface area contributed by atoms with Crippen LogP contribution in [0, 0.1) is 0 Å². The summed E-state index contributed by atoms with van der Waals surface area (Å²) in [7, 11) is 3.14. The van der Waals surface area contributed by atoms with Gasteiger partial charge < -0.3 is 19.3 Å². The Kier molecular flexibility index (Phi) is 5.74. The molecule has 0 bridgehead atoms. The maximum Gasteiger partial charge on any atom is 0.254 e. The highest BCUT2D eigenvalue weighted by Crippen LogP contribution is 2.24. The Bertz CT molecular complexity index is 981. The van der Waals surface area contributed by atoms with E-state index in [2.05, 4.69) is 20.1 Å². The van der Waals surface area contributed by atoms with E-state index in [1.54, 1.807) is 44.8 Å². The number of rotatable bonds is 5. The van der Waals surface area contributed by atoms with Crippen molar-refractivity contribution >= 4 is 11.7 Å². The SMILES string of the molecule is COc1cc(OC)cc(C(=O)N2CCN(c3ccc(-c4ccncc4)nn3)CC2)c1. The molecule has 0 saturated carbocycles. The Labute approximate surface area is 175 Å². The van der Waals surface area contributed by atoms with Crippen molar-refractivity contribution in [3.63, 3.8) is 0 Å². The summed E-state index contributed by atoms with van der Waals surface area (Å²) in [4.78, 5) is 20.9. The van der Waals surface area contributed by atoms with E-state index in [-0.39, 0.29) is 5.91 Å². The van der Waals surface area contributed by atoms with E-state index in [0.29, 0.717) is 43.2 Å². The molecule has 2 aromatic heterocycles. The van der Waals surface area contributed by atoms with Crippen LogP contribution in [0.15, 0.2) is 54.9 Å². The summed E-state index contributed by atoms with van der Waals surface area (Å²) in [6.07, 6.45) is 3.47. The second-order valence-corrected chi connectivity index (χ2v) is 6.89. The minimum Gasteiger partial charge on any atom is -0.497 e. The first kappa shape index (κ1) is 19.6. The van der Waals surface area contributed by atoms with Crippen molar-refractivity contribution in [2.45, 2.75) is 0 Å². The molecule has 1 aliphatic rings. The molecule has 0 unspecified atom stereocenters. The largest absolute Gasteiger partial charge is 0.497 e. The molecule has 8 nitrogen and oxygen atoms in total. The number of pyridine rings is 1. The zero-order valence-electron chi connectivity index (χ0n) is 17.0. The van der Waals surface area contributed by atoms with E-state index in [1.807, 2.05) is 29.2 Å². The number of ether oxygens (including phenoxy) is 2. The zero-order chi connectivity index (χ0) is 20.9. The predicted molar refractivity (Wildman–Crippen MR) is 113 cm³/mol. The molecule has 154 valence electrons. The van der Waals surface area contributed by atoms with E-state index in [1.165, 1.54) is 0 Å². The number of carbonyl (C=O) groups is 1. The van der Waals surface area contributed by atoms with Crippen molar-refractivity contribution in [1.29, 1.82) is 0 Å². The van der Waals surface area contributed by atoms with E-state index in [4.69, 9.17) is 9.47 Å². The third kappa shape index (κ3) is 4.17. The predicted octanol–water partition coefficient (Wildman–Crippen LogP) is 2.52. The third-order valence-electron chi connectivity index (χ3n) is 5.12. The first-order valence-corrected chi connectivity index (χ1v) is 9.69. The molecule has 30 heavy (non-hydrogen) atoms. The van der Waals surface area contributed by atoms with E-state index in [9.17, 15) is 4.79 Å². The highest BCUT2D eigenvalue weighted by Gasteiger charge is 2.24. The van der Waals surface area contributed by atoms with E-state index < -0.39 is 0 Å². The van der Waals surface area contributed by atoms with Crippen molar-refractivity contribution in [2.24, 2.45) is 0 Å². The van der Waals surface area contributed by atoms with Gasteiger partial charge in [-0.05, 0) is 36.4 Å². The Morgan fingerprint density at radius 1 is 0.867 bits per heavy atom. The van der Waals surface area contributed by atoms with Crippen LogP contribution in [-0.2, 0) is 0 Å². The van der Waals surface area contributed by atoms with Crippen LogP contribution in [0.2, 0.25) is 0 Å². The molecule has 1 amide bonds. The van der Waals surface area contributed by atoms with Gasteiger partial charge in [0, 0.05) is 55.8 Å². The molecule has 3 heterocycles. The van der Waals surface area contributed by atoms with Crippen LogP contribution in [0.25, 0.3) is 11.3 Å². The molecule has 4 rings (SSSR count). The Balaban J connectivity index is 1.41. The monoisotopic (exact) mass is 405 g/mol. The maximum absolute atomic E-state index is 12.9. The summed E-state index contributed by atoms with van der Waals surface area (Å²) in [6.45, 7) is 2.59. The normalized spacial score (nSPS) is 13.8. The molecule has 1 aromatic carbocycles. The minimum atomic E-state index is -0.0361. The number of piperazine rings is 1. The highest BCUT2D eigenvalue weighted by molar-refractivity contribution is 5.95. The lowest BCUT2D eigenvalue weighted by molar-refractivity contribution is 0.0745. The number of hydrogen-bond donors (Lipinski definition) is 0. The fourth-order valence-corrected chi connectivity index (χ4v) is 3.42. The molecule has 0 N–H and O–H groups in total. The first-order valence-electron chi connectivity index (χ1n) is 9.69. The van der Waals surface area contributed by atoms with Gasteiger partial charge in [-0.1, -0.05) is 0 Å². The Morgan fingerprint density at radius 3 is 2.10 bits per heavy atom. The number of carbonyl (C=O) groups excluding carboxylic acids is 1. The molecular formula is C22H23N5O3. The zero-order valence-corrected chi connectivity index (χ0v) is 17.0. The maximum atomic E-state index is 12.9. The second-order valence-electron chi connectivity index (χ2n) is 6.89. The molecule has 1 saturated heterocycles. The fourth-order valence-electron chi connectivity index (χ4n) is 3.42. The van der Waals surface area contributed by atoms with Crippen LogP contribution in [-0.4, -0.2) is 66.4 Å². The molecule has 0 spiro atoms. The molecule has 8 heteroatoms. The van der Waals surface area contributed by atoms with Gasteiger partial charge in [0.25, 0.3) is 5.91 Å². The fraction of sp³-hybridized carbons (Fsp3) is 0.273. The van der Waals surface area contributed by atoms with Gasteiger partial charge in [-0.25, -0.2) is 0 Å². The van der Waals surface area contributed by atoms with Crippen LogP contribution >= 0.6 is 0 Å². The topological polar surface area (TPSA) is 80.7 Å². The Morgan fingerprint density at radius 2 is 1.53 bits per heavy atom. The molecule has 1 fully saturated rings. The summed E-state index contributed by atoms with van der Waals surface area (Å²) in [5.74, 6) is 1.97. The van der Waals surface area contributed by atoms with Gasteiger partial charge in [0.05, 0.1) is 19.9 Å². The second kappa shape index (κ2) is 8.77. The van der Waals surface area contributed by atoms with Crippen molar-refractivity contribution in [3.05, 3.63) is 60.4 Å². The molecular weight excluding hydrogens is 382 g/mol. The standard InChI is InChI=1S/C22H23N5O3/c1-29-18-13-17(14-19(15-18)30-2)22(28)27-11-9-26(10-12-27)21-4-3-20(24-25-21)16-5-7-23-8-6-16/h3-8,13-15H,9-12H2,1-2H3. The van der Waals surface area contributed by atoms with Gasteiger partial charge in [-0.2, -0.15) is 0 Å². The average Bonchev–Trinajstić information content (AvgIpc) is 2.84. The smallest absolute Gasteiger partial charge is 0.254 e. The van der Waals surface area contributed by atoms with Crippen molar-refractivity contribution < 1.29 is 14.3 Å². The number of anilines is 1. The molecule has 0 radical (unpaired) electrons. The van der Waals surface area contributed by atoms with Crippen LogP contribution in [0.1, 0.15) is 10.4 Å². The number of benzene rings is 1. The molecule has 3 aromatic rings. The first-order chi connectivity index (χ1) is 14.7. The quantitative estimate of drug-likeness (QED) is 0.645. The lowest BCUT2D eigenvalue weighted by atomic mass is 10.1. The van der Waals surface area contributed by atoms with Crippen molar-refractivity contribution in [2.75, 3.05) is 45.3 Å². The average molecular weight is 405 g/mol. The summed E-state index contributed by atoms with van der Waals surface area (Å²) >= 11 is 0. The minimum absolute atomic E-state index is 0.0361. The lowest BCUT2D eigenvalue weighted by Gasteiger charge is -2.35. The molecule has 0 aliphatic carbocycles. The number of amides is 1. The van der Waals surface area contributed by atoms with Gasteiger partial charge in [0.1, 0.15) is 11.5 Å². The summed E-state index contributed by atoms with van der Waals surface area (Å²) < 4.78 is 10.5. The number of methoxy groups -OCH3 is 2. The van der Waals surface area contributed by atoms with Crippen LogP contribution < -0.4 is 14.4 Å². The lowest BCUT2D eigenvalue weighted by Crippen LogP contribution is -2.49. The summed E-state index contributed by atoms with van der Waals surface area (Å²) in [6, 6.07) is 13.0. The molecule has 1 aliphatic heterocycles. The highest BCUT2D eigenvalue weighted by atomic mass is 16.5. The van der Waals surface area contributed by atoms with Crippen molar-refractivity contribution in [1.82, 2.24) is 20.1 Å². The number of aromatic nitrogens is 3. The van der Waals surface area contributed by atoms with Crippen LogP contribution in [0.4, 0.5) is 5.82 Å². The summed E-state index contributed by atoms with van der Waals surface area (Å²) in [5, 5.41) is 8.71. The van der Waals surface area contributed by atoms with Gasteiger partial charge in [0.15, 0.2) is 5.82 Å². The number of hydrogen-bond acceptors (Lipinski definition) is 7. The molecule has 0 atom stereocenters. The van der Waals surface area contributed by atoms with Gasteiger partial charge in [-0.15, -0.1) is 10.2 Å². The van der Waals surface area contributed by atoms with Crippen LogP contribution in [0.3, 0.4) is 0 Å². The third-order valence-corrected chi connectivity index (χ3v) is 5.12. The van der Waals surface area contributed by atoms with Crippen molar-refractivity contribution in [3.8, 4) is 22.8 Å². The van der Waals surface area contributed by atoms with Crippen LogP contribution in [0.5, 0.6) is 11.5 Å². The summed E-state index contributed by atoms with van der Waals surface area (Å²) in [5.41, 5.74) is 2.34. The van der Waals surface area contributed by atoms with E-state index in [0.717, 1.165) is 17.1 Å².